The summed E-state index contributed by atoms with van der Waals surface area (Å²) in [5.41, 5.74) is 3.10. The lowest BCUT2D eigenvalue weighted by atomic mass is 10.1. The van der Waals surface area contributed by atoms with E-state index in [9.17, 15) is 4.79 Å². The topological polar surface area (TPSA) is 48.0 Å². The zero-order valence-electron chi connectivity index (χ0n) is 18.1. The SMILES string of the molecule is C=CCN1C(=O)/C(=C/c2cc(Cl)c(OCCOc3ccc(C)c(C)c3)c(OC)c2)SC1=S. The number of ether oxygens (including phenoxy) is 3. The molecule has 1 saturated heterocycles. The first-order valence-electron chi connectivity index (χ1n) is 9.90. The molecule has 0 aliphatic carbocycles. The Morgan fingerprint density at radius 2 is 1.91 bits per heavy atom. The Hall–Kier alpha value is -2.48. The van der Waals surface area contributed by atoms with Gasteiger partial charge in [-0.15, -0.1) is 6.58 Å². The number of methoxy groups -OCH3 is 1. The number of carbonyl (C=O) groups is 1. The summed E-state index contributed by atoms with van der Waals surface area (Å²) in [6, 6.07) is 9.45. The average molecular weight is 490 g/mol. The highest BCUT2D eigenvalue weighted by atomic mass is 35.5. The largest absolute Gasteiger partial charge is 0.493 e. The van der Waals surface area contributed by atoms with Crippen LogP contribution in [0.2, 0.25) is 5.02 Å². The van der Waals surface area contributed by atoms with E-state index in [0.29, 0.717) is 51.1 Å². The standard InChI is InChI=1S/C24H24ClNO4S2/c1-5-8-26-23(27)21(32-24(26)31)14-17-12-19(25)22(20(13-17)28-4)30-10-9-29-18-7-6-15(2)16(3)11-18/h5-7,11-14H,1,8-10H2,2-4H3/b21-14-. The molecule has 5 nitrogen and oxygen atoms in total. The van der Waals surface area contributed by atoms with Crippen LogP contribution in [-0.4, -0.2) is 42.0 Å². The van der Waals surface area contributed by atoms with Crippen LogP contribution in [0.15, 0.2) is 47.9 Å². The van der Waals surface area contributed by atoms with Crippen LogP contribution >= 0.6 is 35.6 Å². The Labute approximate surface area is 203 Å². The van der Waals surface area contributed by atoms with Crippen LogP contribution in [0.25, 0.3) is 6.08 Å². The van der Waals surface area contributed by atoms with Gasteiger partial charge in [-0.25, -0.2) is 0 Å². The fourth-order valence-corrected chi connectivity index (χ4v) is 4.56. The Bertz CT molecular complexity index is 1080. The lowest BCUT2D eigenvalue weighted by Gasteiger charge is -2.14. The van der Waals surface area contributed by atoms with Gasteiger partial charge in [0.25, 0.3) is 5.91 Å². The van der Waals surface area contributed by atoms with Crippen LogP contribution in [0.4, 0.5) is 0 Å². The lowest BCUT2D eigenvalue weighted by Crippen LogP contribution is -2.27. The quantitative estimate of drug-likeness (QED) is 0.192. The van der Waals surface area contributed by atoms with Gasteiger partial charge in [0.1, 0.15) is 23.3 Å². The fourth-order valence-electron chi connectivity index (χ4n) is 3.01. The van der Waals surface area contributed by atoms with Crippen molar-refractivity contribution in [2.75, 3.05) is 26.9 Å². The van der Waals surface area contributed by atoms with Crippen LogP contribution < -0.4 is 14.2 Å². The molecule has 2 aromatic carbocycles. The highest BCUT2D eigenvalue weighted by Crippen LogP contribution is 2.39. The molecule has 1 aliphatic rings. The first kappa shape index (κ1) is 24.2. The van der Waals surface area contributed by atoms with Crippen molar-refractivity contribution in [1.82, 2.24) is 4.90 Å². The average Bonchev–Trinajstić information content (AvgIpc) is 3.02. The van der Waals surface area contributed by atoms with Gasteiger partial charge in [-0.3, -0.25) is 9.69 Å². The molecule has 1 aliphatic heterocycles. The maximum atomic E-state index is 12.5. The summed E-state index contributed by atoms with van der Waals surface area (Å²) >= 11 is 13.0. The molecule has 2 aromatic rings. The first-order valence-corrected chi connectivity index (χ1v) is 11.5. The molecule has 32 heavy (non-hydrogen) atoms. The van der Waals surface area contributed by atoms with Crippen molar-refractivity contribution in [3.8, 4) is 17.2 Å². The van der Waals surface area contributed by atoms with Gasteiger partial charge in [0.2, 0.25) is 0 Å². The van der Waals surface area contributed by atoms with Gasteiger partial charge in [0, 0.05) is 6.54 Å². The minimum Gasteiger partial charge on any atom is -0.493 e. The molecular weight excluding hydrogens is 466 g/mol. The van der Waals surface area contributed by atoms with Gasteiger partial charge < -0.3 is 14.2 Å². The molecule has 168 valence electrons. The van der Waals surface area contributed by atoms with E-state index in [-0.39, 0.29) is 5.91 Å². The number of nitrogens with zero attached hydrogens (tertiary/aromatic N) is 1. The van der Waals surface area contributed by atoms with Crippen molar-refractivity contribution in [2.45, 2.75) is 13.8 Å². The van der Waals surface area contributed by atoms with Crippen LogP contribution in [0, 0.1) is 13.8 Å². The van der Waals surface area contributed by atoms with E-state index in [1.54, 1.807) is 24.3 Å². The van der Waals surface area contributed by atoms with Crippen molar-refractivity contribution < 1.29 is 19.0 Å². The van der Waals surface area contributed by atoms with E-state index in [0.717, 1.165) is 5.75 Å². The number of aryl methyl sites for hydroxylation is 2. The normalized spacial score (nSPS) is 14.8. The zero-order chi connectivity index (χ0) is 23.3. The third-order valence-electron chi connectivity index (χ3n) is 4.81. The molecule has 0 spiro atoms. The molecule has 0 saturated carbocycles. The third kappa shape index (κ3) is 5.65. The zero-order valence-corrected chi connectivity index (χ0v) is 20.5. The summed E-state index contributed by atoms with van der Waals surface area (Å²) < 4.78 is 17.6. The fraction of sp³-hybridized carbons (Fsp3) is 0.250. The van der Waals surface area contributed by atoms with E-state index in [1.165, 1.54) is 34.9 Å². The molecule has 0 bridgehead atoms. The minimum atomic E-state index is -0.154. The van der Waals surface area contributed by atoms with E-state index in [2.05, 4.69) is 13.5 Å². The number of thioether (sulfide) groups is 1. The van der Waals surface area contributed by atoms with Crippen molar-refractivity contribution in [1.29, 1.82) is 0 Å². The highest BCUT2D eigenvalue weighted by Gasteiger charge is 2.31. The van der Waals surface area contributed by atoms with Crippen molar-refractivity contribution in [2.24, 2.45) is 0 Å². The summed E-state index contributed by atoms with van der Waals surface area (Å²) in [5, 5.41) is 0.378. The van der Waals surface area contributed by atoms with Gasteiger partial charge in [-0.05, 0) is 60.9 Å². The highest BCUT2D eigenvalue weighted by molar-refractivity contribution is 8.26. The Morgan fingerprint density at radius 3 is 2.59 bits per heavy atom. The molecular formula is C24H24ClNO4S2. The molecule has 3 rings (SSSR count). The van der Waals surface area contributed by atoms with Crippen molar-refractivity contribution in [3.05, 3.63) is 69.6 Å². The number of amides is 1. The predicted molar refractivity (Wildman–Crippen MR) is 135 cm³/mol. The number of rotatable bonds is 9. The molecule has 8 heteroatoms. The third-order valence-corrected chi connectivity index (χ3v) is 6.47. The predicted octanol–water partition coefficient (Wildman–Crippen LogP) is 5.81. The maximum absolute atomic E-state index is 12.5. The molecule has 0 radical (unpaired) electrons. The second-order valence-electron chi connectivity index (χ2n) is 7.06. The minimum absolute atomic E-state index is 0.154. The number of hydrogen-bond acceptors (Lipinski definition) is 6. The van der Waals surface area contributed by atoms with Gasteiger partial charge in [0.05, 0.1) is 17.0 Å². The van der Waals surface area contributed by atoms with E-state index in [1.807, 2.05) is 25.1 Å². The number of hydrogen-bond donors (Lipinski definition) is 0. The Morgan fingerprint density at radius 1 is 1.16 bits per heavy atom. The van der Waals surface area contributed by atoms with Crippen molar-refractivity contribution in [3.63, 3.8) is 0 Å². The van der Waals surface area contributed by atoms with E-state index < -0.39 is 0 Å². The first-order chi connectivity index (χ1) is 15.3. The van der Waals surface area contributed by atoms with Gasteiger partial charge in [-0.1, -0.05) is 47.7 Å². The summed E-state index contributed by atoms with van der Waals surface area (Å²) in [5.74, 6) is 1.53. The number of thiocarbonyl (C=S) groups is 1. The second-order valence-corrected chi connectivity index (χ2v) is 9.14. The molecule has 0 unspecified atom stereocenters. The Kier molecular flexibility index (Phi) is 8.23. The molecule has 0 N–H and O–H groups in total. The summed E-state index contributed by atoms with van der Waals surface area (Å²) in [6.45, 7) is 8.79. The van der Waals surface area contributed by atoms with Crippen LogP contribution in [-0.2, 0) is 4.79 Å². The van der Waals surface area contributed by atoms with Crippen LogP contribution in [0.1, 0.15) is 16.7 Å². The van der Waals surface area contributed by atoms with Crippen LogP contribution in [0.3, 0.4) is 0 Å². The number of halogens is 1. The lowest BCUT2D eigenvalue weighted by molar-refractivity contribution is -0.121. The number of benzene rings is 2. The smallest absolute Gasteiger partial charge is 0.266 e. The van der Waals surface area contributed by atoms with Gasteiger partial charge in [-0.2, -0.15) is 0 Å². The molecule has 0 atom stereocenters. The molecule has 1 fully saturated rings. The van der Waals surface area contributed by atoms with Gasteiger partial charge in [0.15, 0.2) is 11.5 Å². The molecule has 1 heterocycles. The summed E-state index contributed by atoms with van der Waals surface area (Å²) in [4.78, 5) is 14.6. The second kappa shape index (κ2) is 10.9. The van der Waals surface area contributed by atoms with Crippen molar-refractivity contribution >= 4 is 51.9 Å². The monoisotopic (exact) mass is 489 g/mol. The molecule has 0 aromatic heterocycles. The van der Waals surface area contributed by atoms with E-state index in [4.69, 9.17) is 38.0 Å². The Balaban J connectivity index is 1.68. The van der Waals surface area contributed by atoms with E-state index >= 15 is 0 Å². The maximum Gasteiger partial charge on any atom is 0.266 e. The number of carbonyl (C=O) groups excluding carboxylic acids is 1. The summed E-state index contributed by atoms with van der Waals surface area (Å²) in [6.07, 6.45) is 3.38. The summed E-state index contributed by atoms with van der Waals surface area (Å²) in [7, 11) is 1.54. The van der Waals surface area contributed by atoms with Gasteiger partial charge >= 0.3 is 0 Å². The molecule has 1 amide bonds. The van der Waals surface area contributed by atoms with Crippen LogP contribution in [0.5, 0.6) is 17.2 Å².